The molecule has 0 saturated carbocycles. The van der Waals surface area contributed by atoms with E-state index in [1.165, 1.54) is 13.2 Å². The lowest BCUT2D eigenvalue weighted by Crippen LogP contribution is -2.34. The number of nitrogens with zero attached hydrogens (tertiary/aromatic N) is 1. The van der Waals surface area contributed by atoms with Gasteiger partial charge in [0.05, 0.1) is 23.7 Å². The monoisotopic (exact) mass is 265 g/mol. The van der Waals surface area contributed by atoms with Crippen LogP contribution in [0.1, 0.15) is 20.8 Å². The summed E-state index contributed by atoms with van der Waals surface area (Å²) in [6.45, 7) is 5.77. The van der Waals surface area contributed by atoms with Crippen molar-refractivity contribution in [2.24, 2.45) is 0 Å². The van der Waals surface area contributed by atoms with Gasteiger partial charge in [0.25, 0.3) is 0 Å². The van der Waals surface area contributed by atoms with E-state index in [1.54, 1.807) is 12.1 Å². The lowest BCUT2D eigenvalue weighted by Gasteiger charge is -2.21. The number of benzene rings is 1. The van der Waals surface area contributed by atoms with Gasteiger partial charge in [0.2, 0.25) is 0 Å². The van der Waals surface area contributed by atoms with Crippen molar-refractivity contribution < 1.29 is 19.0 Å². The molecular weight excluding hydrogens is 249 g/mol. The fraction of sp³-hybridized carbons (Fsp3) is 0.500. The van der Waals surface area contributed by atoms with Gasteiger partial charge in [-0.15, -0.1) is 0 Å². The van der Waals surface area contributed by atoms with Crippen molar-refractivity contribution in [3.63, 3.8) is 0 Å². The summed E-state index contributed by atoms with van der Waals surface area (Å²) < 4.78 is 16.4. The van der Waals surface area contributed by atoms with Crippen LogP contribution < -0.4 is 10.2 Å². The highest BCUT2D eigenvalue weighted by Gasteiger charge is 2.44. The number of hydrogen-bond donors (Lipinski definition) is 0. The summed E-state index contributed by atoms with van der Waals surface area (Å²) in [6, 6.07) is 4.69. The first-order chi connectivity index (χ1) is 8.85. The topological polar surface area (TPSA) is 70.8 Å². The Balaban J connectivity index is 2.32. The second-order valence-electron chi connectivity index (χ2n) is 5.02. The van der Waals surface area contributed by atoms with Crippen LogP contribution in [0.25, 0.3) is 0 Å². The highest BCUT2D eigenvalue weighted by molar-refractivity contribution is 6.62. The lowest BCUT2D eigenvalue weighted by molar-refractivity contribution is -0.385. The summed E-state index contributed by atoms with van der Waals surface area (Å²) >= 11 is 0. The van der Waals surface area contributed by atoms with Gasteiger partial charge in [-0.2, -0.15) is 0 Å². The van der Waals surface area contributed by atoms with E-state index in [0.717, 1.165) is 0 Å². The zero-order chi connectivity index (χ0) is 14.2. The van der Waals surface area contributed by atoms with Crippen molar-refractivity contribution in [3.05, 3.63) is 28.3 Å². The molecular formula is C12H16BNO5. The average Bonchev–Trinajstić information content (AvgIpc) is 2.63. The third-order valence-electron chi connectivity index (χ3n) is 3.39. The highest BCUT2D eigenvalue weighted by Crippen LogP contribution is 2.29. The van der Waals surface area contributed by atoms with Crippen LogP contribution >= 0.6 is 0 Å². The number of ether oxygens (including phenoxy) is 1. The molecule has 0 bridgehead atoms. The SMILES string of the molecule is COc1ccc(B2OC(C)C(C)(C)O2)cc1[N+](=O)[O-]. The Labute approximate surface area is 112 Å². The Kier molecular flexibility index (Phi) is 3.51. The van der Waals surface area contributed by atoms with Gasteiger partial charge in [-0.05, 0) is 32.3 Å². The van der Waals surface area contributed by atoms with Crippen LogP contribution in [0.15, 0.2) is 18.2 Å². The van der Waals surface area contributed by atoms with Crippen LogP contribution in [-0.2, 0) is 9.31 Å². The fourth-order valence-electron chi connectivity index (χ4n) is 1.89. The van der Waals surface area contributed by atoms with E-state index in [4.69, 9.17) is 14.0 Å². The Hall–Kier alpha value is -1.60. The second kappa shape index (κ2) is 4.83. The van der Waals surface area contributed by atoms with Crippen LogP contribution in [0.2, 0.25) is 0 Å². The second-order valence-corrected chi connectivity index (χ2v) is 5.02. The molecule has 1 unspecified atom stereocenters. The molecule has 19 heavy (non-hydrogen) atoms. The van der Waals surface area contributed by atoms with Crippen molar-refractivity contribution in [3.8, 4) is 5.75 Å². The van der Waals surface area contributed by atoms with Crippen molar-refractivity contribution in [1.29, 1.82) is 0 Å². The molecule has 102 valence electrons. The van der Waals surface area contributed by atoms with Crippen molar-refractivity contribution >= 4 is 18.3 Å². The van der Waals surface area contributed by atoms with Gasteiger partial charge in [0, 0.05) is 6.07 Å². The zero-order valence-corrected chi connectivity index (χ0v) is 11.4. The van der Waals surface area contributed by atoms with Crippen molar-refractivity contribution in [2.45, 2.75) is 32.5 Å². The summed E-state index contributed by atoms with van der Waals surface area (Å²) in [4.78, 5) is 10.5. The first-order valence-electron chi connectivity index (χ1n) is 6.01. The van der Waals surface area contributed by atoms with E-state index in [1.807, 2.05) is 20.8 Å². The first-order valence-corrected chi connectivity index (χ1v) is 6.01. The fourth-order valence-corrected chi connectivity index (χ4v) is 1.89. The number of rotatable bonds is 3. The smallest absolute Gasteiger partial charge is 0.490 e. The quantitative estimate of drug-likeness (QED) is 0.470. The van der Waals surface area contributed by atoms with E-state index < -0.39 is 17.6 Å². The van der Waals surface area contributed by atoms with Gasteiger partial charge in [0.1, 0.15) is 0 Å². The number of methoxy groups -OCH3 is 1. The van der Waals surface area contributed by atoms with Gasteiger partial charge in [-0.1, -0.05) is 6.07 Å². The Morgan fingerprint density at radius 2 is 2.16 bits per heavy atom. The minimum absolute atomic E-state index is 0.0846. The summed E-state index contributed by atoms with van der Waals surface area (Å²) in [5.74, 6) is 0.221. The zero-order valence-electron chi connectivity index (χ0n) is 11.4. The van der Waals surface area contributed by atoms with Gasteiger partial charge >= 0.3 is 12.8 Å². The van der Waals surface area contributed by atoms with Gasteiger partial charge in [-0.3, -0.25) is 10.1 Å². The minimum Gasteiger partial charge on any atom is -0.490 e. The molecule has 1 fully saturated rings. The summed E-state index contributed by atoms with van der Waals surface area (Å²) in [5, 5.41) is 11.0. The predicted molar refractivity (Wildman–Crippen MR) is 70.7 cm³/mol. The Bertz CT molecular complexity index is 505. The van der Waals surface area contributed by atoms with Crippen LogP contribution in [0, 0.1) is 10.1 Å². The molecule has 1 saturated heterocycles. The predicted octanol–water partition coefficient (Wildman–Crippen LogP) is 1.51. The van der Waals surface area contributed by atoms with Crippen LogP contribution in [-0.4, -0.2) is 30.9 Å². The molecule has 0 aromatic heterocycles. The molecule has 6 nitrogen and oxygen atoms in total. The van der Waals surface area contributed by atoms with Crippen molar-refractivity contribution in [1.82, 2.24) is 0 Å². The molecule has 1 aromatic carbocycles. The lowest BCUT2D eigenvalue weighted by atomic mass is 9.79. The third kappa shape index (κ3) is 2.57. The van der Waals surface area contributed by atoms with Crippen molar-refractivity contribution in [2.75, 3.05) is 7.11 Å². The molecule has 1 aromatic rings. The molecule has 1 heterocycles. The molecule has 1 atom stereocenters. The molecule has 0 N–H and O–H groups in total. The average molecular weight is 265 g/mol. The Morgan fingerprint density at radius 3 is 2.63 bits per heavy atom. The normalized spacial score (nSPS) is 21.5. The third-order valence-corrected chi connectivity index (χ3v) is 3.39. The maximum atomic E-state index is 11.0. The van der Waals surface area contributed by atoms with Gasteiger partial charge < -0.3 is 14.0 Å². The molecule has 0 radical (unpaired) electrons. The largest absolute Gasteiger partial charge is 0.494 e. The van der Waals surface area contributed by atoms with Crippen LogP contribution in [0.4, 0.5) is 5.69 Å². The summed E-state index contributed by atoms with van der Waals surface area (Å²) in [6.07, 6.45) is -0.0846. The molecule has 0 spiro atoms. The number of hydrogen-bond acceptors (Lipinski definition) is 5. The molecule has 7 heteroatoms. The van der Waals surface area contributed by atoms with E-state index >= 15 is 0 Å². The number of nitro groups is 1. The first kappa shape index (κ1) is 13.8. The molecule has 1 aliphatic heterocycles. The Morgan fingerprint density at radius 1 is 1.47 bits per heavy atom. The van der Waals surface area contributed by atoms with Gasteiger partial charge in [-0.25, -0.2) is 0 Å². The van der Waals surface area contributed by atoms with Gasteiger partial charge in [0.15, 0.2) is 5.75 Å². The summed E-state index contributed by atoms with van der Waals surface area (Å²) in [7, 11) is 0.810. The maximum Gasteiger partial charge on any atom is 0.494 e. The molecule has 0 aliphatic carbocycles. The van der Waals surface area contributed by atoms with Crippen LogP contribution in [0.5, 0.6) is 5.75 Å². The van der Waals surface area contributed by atoms with E-state index in [0.29, 0.717) is 5.46 Å². The van der Waals surface area contributed by atoms with E-state index in [2.05, 4.69) is 0 Å². The van der Waals surface area contributed by atoms with E-state index in [-0.39, 0.29) is 17.5 Å². The van der Waals surface area contributed by atoms with Crippen LogP contribution in [0.3, 0.4) is 0 Å². The molecule has 2 rings (SSSR count). The minimum atomic E-state index is -0.588. The maximum absolute atomic E-state index is 11.0. The number of nitro benzene ring substituents is 1. The molecule has 1 aliphatic rings. The highest BCUT2D eigenvalue weighted by atomic mass is 16.7. The van der Waals surface area contributed by atoms with E-state index in [9.17, 15) is 10.1 Å². The molecule has 0 amide bonds. The standard InChI is InChI=1S/C12H16BNO5/c1-8-12(2,3)19-13(18-8)9-5-6-11(17-4)10(7-9)14(15)16/h5-8H,1-4H3. The summed E-state index contributed by atoms with van der Waals surface area (Å²) in [5.41, 5.74) is 0.105.